The molecular weight excluding hydrogens is 676 g/mol. The molecule has 0 N–H and O–H groups in total. The number of ether oxygens (including phenoxy) is 2. The van der Waals surface area contributed by atoms with E-state index in [1.165, 1.54) is 51.4 Å². The van der Waals surface area contributed by atoms with E-state index in [1.807, 2.05) is 0 Å². The molecule has 0 spiro atoms. The van der Waals surface area contributed by atoms with Crippen LogP contribution in [0.1, 0.15) is 103 Å². The van der Waals surface area contributed by atoms with Gasteiger partial charge in [-0.2, -0.15) is 0 Å². The second kappa shape index (κ2) is 15.5. The van der Waals surface area contributed by atoms with Crippen molar-refractivity contribution in [1.82, 2.24) is 0 Å². The topological polar surface area (TPSA) is 18.5 Å². The zero-order chi connectivity index (χ0) is 36.2. The van der Waals surface area contributed by atoms with Crippen LogP contribution in [0.4, 0.5) is 35.1 Å². The van der Waals surface area contributed by atoms with Crippen molar-refractivity contribution in [3.63, 3.8) is 0 Å². The fraction of sp³-hybridized carbons (Fsp3) is 0.902. The highest BCUT2D eigenvalue weighted by Crippen LogP contribution is 2.72. The van der Waals surface area contributed by atoms with E-state index in [0.717, 1.165) is 37.8 Å². The molecule has 7 fully saturated rings. The van der Waals surface area contributed by atoms with Gasteiger partial charge >= 0.3 is 0 Å². The third kappa shape index (κ3) is 6.46. The van der Waals surface area contributed by atoms with Crippen molar-refractivity contribution in [3.05, 3.63) is 25.3 Å². The summed E-state index contributed by atoms with van der Waals surface area (Å²) in [6, 6.07) is 0. The molecule has 0 aromatic heterocycles. The minimum Gasteiger partial charge on any atom is -0.369 e. The highest BCUT2D eigenvalue weighted by Gasteiger charge is 2.66. The van der Waals surface area contributed by atoms with Gasteiger partial charge in [0.2, 0.25) is 0 Å². The second-order valence-corrected chi connectivity index (χ2v) is 17.4. The SMILES string of the molecule is C=CC1C(F)C(F)C(F)C(OC2CCC(C3(C4CCC(OC5C(F)C(F)C(F)C(C=C)C5F)CC4)C4CCCCC4C4CCCCC43)CC2)C1F. The third-order valence-electron chi connectivity index (χ3n) is 15.4. The van der Waals surface area contributed by atoms with Gasteiger partial charge in [0.1, 0.15) is 36.9 Å². The fourth-order valence-electron chi connectivity index (χ4n) is 13.3. The van der Waals surface area contributed by atoms with E-state index < -0.39 is 85.6 Å². The summed E-state index contributed by atoms with van der Waals surface area (Å²) >= 11 is 0. The van der Waals surface area contributed by atoms with Gasteiger partial charge in [-0.3, -0.25) is 0 Å². The number of halogens is 8. The van der Waals surface area contributed by atoms with Crippen molar-refractivity contribution >= 4 is 0 Å². The third-order valence-corrected chi connectivity index (χ3v) is 15.4. The zero-order valence-electron chi connectivity index (χ0n) is 29.8. The first-order chi connectivity index (χ1) is 24.5. The summed E-state index contributed by atoms with van der Waals surface area (Å²) in [5.74, 6) is 0.342. The van der Waals surface area contributed by atoms with E-state index in [0.29, 0.717) is 61.2 Å². The van der Waals surface area contributed by atoms with Gasteiger partial charge in [0.15, 0.2) is 24.7 Å². The second-order valence-electron chi connectivity index (χ2n) is 17.4. The highest BCUT2D eigenvalue weighted by atomic mass is 19.2. The summed E-state index contributed by atoms with van der Waals surface area (Å²) in [7, 11) is 0. The Labute approximate surface area is 298 Å². The molecule has 10 heteroatoms. The number of hydrogen-bond donors (Lipinski definition) is 0. The first-order valence-electron chi connectivity index (χ1n) is 20.2. The molecule has 0 bridgehead atoms. The Bertz CT molecular complexity index is 1100. The number of allylic oxidation sites excluding steroid dienone is 2. The van der Waals surface area contributed by atoms with Crippen LogP contribution in [0.3, 0.4) is 0 Å². The zero-order valence-corrected chi connectivity index (χ0v) is 29.8. The average molecular weight is 735 g/mol. The lowest BCUT2D eigenvalue weighted by molar-refractivity contribution is -0.175. The molecule has 0 aromatic rings. The molecule has 0 radical (unpaired) electrons. The van der Waals surface area contributed by atoms with Crippen LogP contribution in [0.5, 0.6) is 0 Å². The Kier molecular flexibility index (Phi) is 11.6. The number of hydrogen-bond acceptors (Lipinski definition) is 2. The first-order valence-corrected chi connectivity index (χ1v) is 20.2. The van der Waals surface area contributed by atoms with Gasteiger partial charge in [0, 0.05) is 11.8 Å². The van der Waals surface area contributed by atoms with Gasteiger partial charge in [-0.1, -0.05) is 37.8 Å². The van der Waals surface area contributed by atoms with Gasteiger partial charge in [-0.25, -0.2) is 35.1 Å². The summed E-state index contributed by atoms with van der Waals surface area (Å²) in [5, 5.41) is 0. The Hall–Kier alpha value is -1.16. The van der Waals surface area contributed by atoms with Crippen molar-refractivity contribution in [3.8, 4) is 0 Å². The van der Waals surface area contributed by atoms with Gasteiger partial charge in [0.25, 0.3) is 0 Å². The Balaban J connectivity index is 1.09. The van der Waals surface area contributed by atoms with Crippen LogP contribution in [0.2, 0.25) is 0 Å². The van der Waals surface area contributed by atoms with Crippen LogP contribution in [0.15, 0.2) is 25.3 Å². The van der Waals surface area contributed by atoms with Crippen LogP contribution >= 0.6 is 0 Å². The molecule has 2 nitrogen and oxygen atoms in total. The largest absolute Gasteiger partial charge is 0.369 e. The number of rotatable bonds is 8. The predicted molar refractivity (Wildman–Crippen MR) is 181 cm³/mol. The molecule has 16 atom stereocenters. The summed E-state index contributed by atoms with van der Waals surface area (Å²) < 4.78 is 131. The van der Waals surface area contributed by atoms with Crippen LogP contribution in [-0.4, -0.2) is 73.8 Å². The molecule has 7 aliphatic rings. The molecule has 0 heterocycles. The molecular formula is C41H58F8O2. The van der Waals surface area contributed by atoms with E-state index in [4.69, 9.17) is 9.47 Å². The van der Waals surface area contributed by atoms with Crippen LogP contribution in [0.25, 0.3) is 0 Å². The molecule has 7 rings (SSSR count). The Morgan fingerprint density at radius 3 is 1.12 bits per heavy atom. The standard InChI is InChI=1S/C41H58F8O2/c1-3-25-31(42)35(46)37(48)39(33(25)44)50-23-17-13-21(14-18-23)41(29-11-7-5-9-27(29)28-10-6-8-12-30(28)41)22-15-19-24(20-16-22)51-40-34(45)26(4-2)32(43)36(47)38(40)49/h3-4,21-40H,1-2,5-20H2. The molecule has 16 unspecified atom stereocenters. The quantitative estimate of drug-likeness (QED) is 0.183. The Morgan fingerprint density at radius 2 is 0.765 bits per heavy atom. The normalized spacial score (nSPS) is 55.0. The molecule has 290 valence electrons. The van der Waals surface area contributed by atoms with E-state index in [-0.39, 0.29) is 5.41 Å². The van der Waals surface area contributed by atoms with Crippen LogP contribution in [0, 0.1) is 52.8 Å². The van der Waals surface area contributed by atoms with E-state index in [1.54, 1.807) is 0 Å². The minimum atomic E-state index is -2.46. The van der Waals surface area contributed by atoms with E-state index >= 15 is 8.78 Å². The lowest BCUT2D eigenvalue weighted by Crippen LogP contribution is -2.57. The molecule has 0 saturated heterocycles. The molecule has 0 aliphatic heterocycles. The van der Waals surface area contributed by atoms with Gasteiger partial charge in [-0.15, -0.1) is 13.2 Å². The van der Waals surface area contributed by atoms with E-state index in [2.05, 4.69) is 13.2 Å². The Morgan fingerprint density at radius 1 is 0.412 bits per heavy atom. The van der Waals surface area contributed by atoms with Gasteiger partial charge < -0.3 is 9.47 Å². The molecule has 0 amide bonds. The highest BCUT2D eigenvalue weighted by molar-refractivity contribution is 5.14. The van der Waals surface area contributed by atoms with Crippen LogP contribution in [-0.2, 0) is 9.47 Å². The van der Waals surface area contributed by atoms with Crippen molar-refractivity contribution in [1.29, 1.82) is 0 Å². The lowest BCUT2D eigenvalue weighted by atomic mass is 9.48. The lowest BCUT2D eigenvalue weighted by Gasteiger charge is -2.57. The van der Waals surface area contributed by atoms with E-state index in [9.17, 15) is 26.3 Å². The molecule has 51 heavy (non-hydrogen) atoms. The van der Waals surface area contributed by atoms with Gasteiger partial charge in [0.05, 0.1) is 12.2 Å². The maximum absolute atomic E-state index is 15.3. The van der Waals surface area contributed by atoms with Crippen molar-refractivity contribution in [2.45, 2.75) is 177 Å². The predicted octanol–water partition coefficient (Wildman–Crippen LogP) is 10.8. The number of alkyl halides is 8. The summed E-state index contributed by atoms with van der Waals surface area (Å²) in [6.07, 6.45) is -4.90. The minimum absolute atomic E-state index is 0.0666. The molecule has 7 aliphatic carbocycles. The van der Waals surface area contributed by atoms with Crippen LogP contribution < -0.4 is 0 Å². The average Bonchev–Trinajstić information content (AvgIpc) is 3.45. The smallest absolute Gasteiger partial charge is 0.165 e. The maximum Gasteiger partial charge on any atom is 0.165 e. The van der Waals surface area contributed by atoms with Gasteiger partial charge in [-0.05, 0) is 118 Å². The van der Waals surface area contributed by atoms with Crippen molar-refractivity contribution in [2.24, 2.45) is 52.8 Å². The maximum atomic E-state index is 15.3. The first kappa shape index (κ1) is 38.1. The molecule has 0 aromatic carbocycles. The van der Waals surface area contributed by atoms with Crippen molar-refractivity contribution < 1.29 is 44.6 Å². The summed E-state index contributed by atoms with van der Waals surface area (Å²) in [5.41, 5.74) is 0.0666. The summed E-state index contributed by atoms with van der Waals surface area (Å²) in [4.78, 5) is 0. The van der Waals surface area contributed by atoms with Crippen molar-refractivity contribution in [2.75, 3.05) is 0 Å². The monoisotopic (exact) mass is 734 g/mol. The summed E-state index contributed by atoms with van der Waals surface area (Å²) in [6.45, 7) is 6.90. The fourth-order valence-corrected chi connectivity index (χ4v) is 13.3. The number of fused-ring (bicyclic) bond motifs is 3. The molecule has 7 saturated carbocycles.